The Hall–Kier alpha value is -1.29. The van der Waals surface area contributed by atoms with Crippen LogP contribution in [0.3, 0.4) is 0 Å². The molecule has 0 amide bonds. The number of hydrogen-bond donors (Lipinski definition) is 2. The molecule has 0 aromatic heterocycles. The molecule has 1 saturated heterocycles. The molecule has 1 aliphatic heterocycles. The lowest BCUT2D eigenvalue weighted by Gasteiger charge is -2.23. The van der Waals surface area contributed by atoms with E-state index < -0.39 is 5.82 Å². The van der Waals surface area contributed by atoms with Crippen LogP contribution >= 0.6 is 0 Å². The molecule has 0 saturated carbocycles. The first-order chi connectivity index (χ1) is 8.22. The highest BCUT2D eigenvalue weighted by atomic mass is 19.1. The minimum atomic E-state index is -0.425. The first-order valence-electron chi connectivity index (χ1n) is 5.97. The maximum Gasteiger partial charge on any atom is 0.171 e. The summed E-state index contributed by atoms with van der Waals surface area (Å²) in [4.78, 5) is 0. The number of methoxy groups -OCH3 is 1. The molecule has 2 rings (SSSR count). The molecule has 1 aromatic carbocycles. The maximum atomic E-state index is 14.0. The molecule has 17 heavy (non-hydrogen) atoms. The van der Waals surface area contributed by atoms with Gasteiger partial charge < -0.3 is 15.2 Å². The summed E-state index contributed by atoms with van der Waals surface area (Å²) in [5.74, 6) is 0.239. The van der Waals surface area contributed by atoms with Crippen LogP contribution in [-0.2, 0) is 6.42 Å². The molecule has 4 heteroatoms. The minimum absolute atomic E-state index is 0.0295. The van der Waals surface area contributed by atoms with Crippen molar-refractivity contribution in [2.24, 2.45) is 5.92 Å². The van der Waals surface area contributed by atoms with E-state index in [1.165, 1.54) is 19.2 Å². The van der Waals surface area contributed by atoms with Crippen LogP contribution in [-0.4, -0.2) is 25.3 Å². The summed E-state index contributed by atoms with van der Waals surface area (Å²) < 4.78 is 18.9. The van der Waals surface area contributed by atoms with Gasteiger partial charge in [0.05, 0.1) is 7.11 Å². The Labute approximate surface area is 101 Å². The van der Waals surface area contributed by atoms with Gasteiger partial charge in [0.1, 0.15) is 5.75 Å². The van der Waals surface area contributed by atoms with E-state index in [4.69, 9.17) is 4.74 Å². The number of benzene rings is 1. The zero-order chi connectivity index (χ0) is 12.3. The van der Waals surface area contributed by atoms with Crippen LogP contribution in [0.5, 0.6) is 11.5 Å². The van der Waals surface area contributed by atoms with E-state index in [1.54, 1.807) is 0 Å². The van der Waals surface area contributed by atoms with Crippen molar-refractivity contribution in [1.82, 2.24) is 5.32 Å². The van der Waals surface area contributed by atoms with Crippen LogP contribution in [0.15, 0.2) is 12.1 Å². The highest BCUT2D eigenvalue weighted by molar-refractivity contribution is 5.41. The summed E-state index contributed by atoms with van der Waals surface area (Å²) in [7, 11) is 1.43. The van der Waals surface area contributed by atoms with Gasteiger partial charge in [0, 0.05) is 5.56 Å². The van der Waals surface area contributed by atoms with E-state index >= 15 is 0 Å². The third-order valence-electron chi connectivity index (χ3n) is 3.35. The number of nitrogens with one attached hydrogen (secondary N) is 1. The van der Waals surface area contributed by atoms with Crippen molar-refractivity contribution in [2.75, 3.05) is 20.2 Å². The van der Waals surface area contributed by atoms with Gasteiger partial charge in [-0.05, 0) is 50.4 Å². The Bertz CT molecular complexity index is 389. The highest BCUT2D eigenvalue weighted by Crippen LogP contribution is 2.31. The van der Waals surface area contributed by atoms with E-state index in [0.29, 0.717) is 17.9 Å². The van der Waals surface area contributed by atoms with Crippen LogP contribution in [0.4, 0.5) is 4.39 Å². The molecular weight excluding hydrogens is 221 g/mol. The second-order valence-electron chi connectivity index (χ2n) is 4.48. The molecule has 0 radical (unpaired) electrons. The molecule has 0 unspecified atom stereocenters. The number of ether oxygens (including phenoxy) is 1. The molecule has 3 nitrogen and oxygen atoms in total. The Morgan fingerprint density at radius 3 is 2.76 bits per heavy atom. The fourth-order valence-corrected chi connectivity index (χ4v) is 2.32. The van der Waals surface area contributed by atoms with Gasteiger partial charge in [-0.25, -0.2) is 4.39 Å². The molecule has 1 fully saturated rings. The number of rotatable bonds is 3. The fraction of sp³-hybridized carbons (Fsp3) is 0.538. The van der Waals surface area contributed by atoms with Gasteiger partial charge in [-0.1, -0.05) is 0 Å². The molecule has 1 aromatic rings. The quantitative estimate of drug-likeness (QED) is 0.848. The number of phenols is 1. The Kier molecular flexibility index (Phi) is 3.84. The third-order valence-corrected chi connectivity index (χ3v) is 3.35. The summed E-state index contributed by atoms with van der Waals surface area (Å²) in [5, 5.41) is 13.0. The number of piperidine rings is 1. The fourth-order valence-electron chi connectivity index (χ4n) is 2.32. The maximum absolute atomic E-state index is 14.0. The largest absolute Gasteiger partial charge is 0.508 e. The zero-order valence-corrected chi connectivity index (χ0v) is 10.0. The van der Waals surface area contributed by atoms with Crippen molar-refractivity contribution in [3.63, 3.8) is 0 Å². The average molecular weight is 239 g/mol. The van der Waals surface area contributed by atoms with E-state index in [9.17, 15) is 9.50 Å². The van der Waals surface area contributed by atoms with Crippen LogP contribution in [0, 0.1) is 11.7 Å². The minimum Gasteiger partial charge on any atom is -0.508 e. The normalized spacial score (nSPS) is 17.1. The Balaban J connectivity index is 2.18. The van der Waals surface area contributed by atoms with Gasteiger partial charge in [0.15, 0.2) is 11.6 Å². The summed E-state index contributed by atoms with van der Waals surface area (Å²) in [6.07, 6.45) is 2.63. The first-order valence-corrected chi connectivity index (χ1v) is 5.97. The van der Waals surface area contributed by atoms with Crippen LogP contribution < -0.4 is 10.1 Å². The third kappa shape index (κ3) is 2.69. The second-order valence-corrected chi connectivity index (χ2v) is 4.48. The molecule has 94 valence electrons. The lowest BCUT2D eigenvalue weighted by molar-refractivity contribution is 0.349. The zero-order valence-electron chi connectivity index (χ0n) is 10.0. The van der Waals surface area contributed by atoms with E-state index in [-0.39, 0.29) is 11.5 Å². The standard InChI is InChI=1S/C13H18FNO2/c1-17-12-3-2-11(16)10(13(12)14)8-9-4-6-15-7-5-9/h2-3,9,15-16H,4-8H2,1H3. The van der Waals surface area contributed by atoms with E-state index in [0.717, 1.165) is 25.9 Å². The molecule has 0 spiro atoms. The van der Waals surface area contributed by atoms with Crippen molar-refractivity contribution in [2.45, 2.75) is 19.3 Å². The first kappa shape index (κ1) is 12.2. The number of phenolic OH excluding ortho intramolecular Hbond substituents is 1. The molecule has 2 N–H and O–H groups in total. The van der Waals surface area contributed by atoms with Crippen molar-refractivity contribution < 1.29 is 14.2 Å². The van der Waals surface area contributed by atoms with Crippen molar-refractivity contribution in [1.29, 1.82) is 0 Å². The SMILES string of the molecule is COc1ccc(O)c(CC2CCNCC2)c1F. The monoisotopic (exact) mass is 239 g/mol. The molecular formula is C13H18FNO2. The van der Waals surface area contributed by atoms with Crippen molar-refractivity contribution >= 4 is 0 Å². The predicted molar refractivity (Wildman–Crippen MR) is 63.9 cm³/mol. The average Bonchev–Trinajstić information content (AvgIpc) is 2.36. The smallest absolute Gasteiger partial charge is 0.171 e. The predicted octanol–water partition coefficient (Wildman–Crippen LogP) is 2.08. The topological polar surface area (TPSA) is 41.5 Å². The van der Waals surface area contributed by atoms with Gasteiger partial charge in [0.2, 0.25) is 0 Å². The second kappa shape index (κ2) is 5.36. The summed E-state index contributed by atoms with van der Waals surface area (Å²) in [6, 6.07) is 2.95. The lowest BCUT2D eigenvalue weighted by atomic mass is 9.90. The van der Waals surface area contributed by atoms with E-state index in [1.807, 2.05) is 0 Å². The van der Waals surface area contributed by atoms with Crippen LogP contribution in [0.2, 0.25) is 0 Å². The van der Waals surface area contributed by atoms with Crippen molar-refractivity contribution in [3.8, 4) is 11.5 Å². The summed E-state index contributed by atoms with van der Waals surface area (Å²) >= 11 is 0. The molecule has 1 heterocycles. The molecule has 0 aliphatic carbocycles. The number of halogens is 1. The van der Waals surface area contributed by atoms with Crippen LogP contribution in [0.25, 0.3) is 0 Å². The molecule has 0 atom stereocenters. The summed E-state index contributed by atoms with van der Waals surface area (Å²) in [6.45, 7) is 1.94. The summed E-state index contributed by atoms with van der Waals surface area (Å²) in [5.41, 5.74) is 0.385. The van der Waals surface area contributed by atoms with Gasteiger partial charge in [-0.15, -0.1) is 0 Å². The Morgan fingerprint density at radius 1 is 1.41 bits per heavy atom. The van der Waals surface area contributed by atoms with Gasteiger partial charge in [-0.3, -0.25) is 0 Å². The van der Waals surface area contributed by atoms with Gasteiger partial charge >= 0.3 is 0 Å². The van der Waals surface area contributed by atoms with Crippen LogP contribution in [0.1, 0.15) is 18.4 Å². The van der Waals surface area contributed by atoms with Gasteiger partial charge in [0.25, 0.3) is 0 Å². The van der Waals surface area contributed by atoms with E-state index in [2.05, 4.69) is 5.32 Å². The number of aromatic hydroxyl groups is 1. The molecule has 0 bridgehead atoms. The van der Waals surface area contributed by atoms with Crippen molar-refractivity contribution in [3.05, 3.63) is 23.5 Å². The Morgan fingerprint density at radius 2 is 2.12 bits per heavy atom. The van der Waals surface area contributed by atoms with Gasteiger partial charge in [-0.2, -0.15) is 0 Å². The number of hydrogen-bond acceptors (Lipinski definition) is 3. The molecule has 1 aliphatic rings. The lowest BCUT2D eigenvalue weighted by Crippen LogP contribution is -2.28. The highest BCUT2D eigenvalue weighted by Gasteiger charge is 2.20.